The zero-order valence-corrected chi connectivity index (χ0v) is 11.4. The van der Waals surface area contributed by atoms with Crippen molar-refractivity contribution in [2.24, 2.45) is 5.92 Å². The standard InChI is InChI=1S/C12H15BrN2O3/c13-10-3-4-11(15(17)18)9(5-10)6-14-7-12(16)8-1-2-8/h3-5,8,12,14,16H,1-2,6-7H2. The van der Waals surface area contributed by atoms with Gasteiger partial charge in [-0.1, -0.05) is 15.9 Å². The summed E-state index contributed by atoms with van der Waals surface area (Å²) >= 11 is 3.30. The molecule has 0 amide bonds. The third-order valence-corrected chi connectivity index (χ3v) is 3.57. The minimum absolute atomic E-state index is 0.103. The Labute approximate surface area is 113 Å². The molecule has 0 radical (unpaired) electrons. The summed E-state index contributed by atoms with van der Waals surface area (Å²) in [5.41, 5.74) is 0.726. The molecule has 0 aromatic heterocycles. The zero-order chi connectivity index (χ0) is 13.1. The van der Waals surface area contributed by atoms with Crippen molar-refractivity contribution in [3.63, 3.8) is 0 Å². The maximum Gasteiger partial charge on any atom is 0.273 e. The van der Waals surface area contributed by atoms with E-state index in [0.717, 1.165) is 17.3 Å². The minimum Gasteiger partial charge on any atom is -0.392 e. The number of hydrogen-bond donors (Lipinski definition) is 2. The lowest BCUT2D eigenvalue weighted by Gasteiger charge is -2.10. The number of halogens is 1. The lowest BCUT2D eigenvalue weighted by molar-refractivity contribution is -0.385. The molecule has 1 aliphatic carbocycles. The Bertz CT molecular complexity index is 449. The Morgan fingerprint density at radius 2 is 2.28 bits per heavy atom. The molecule has 0 saturated heterocycles. The zero-order valence-electron chi connectivity index (χ0n) is 9.80. The van der Waals surface area contributed by atoms with E-state index in [1.165, 1.54) is 6.07 Å². The van der Waals surface area contributed by atoms with Gasteiger partial charge < -0.3 is 10.4 Å². The molecule has 2 rings (SSSR count). The van der Waals surface area contributed by atoms with Crippen molar-refractivity contribution in [3.8, 4) is 0 Å². The van der Waals surface area contributed by atoms with Gasteiger partial charge in [0, 0.05) is 29.2 Å². The van der Waals surface area contributed by atoms with Gasteiger partial charge in [-0.05, 0) is 30.9 Å². The fraction of sp³-hybridized carbons (Fsp3) is 0.500. The molecule has 1 atom stereocenters. The number of nitro groups is 1. The molecular formula is C12H15BrN2O3. The monoisotopic (exact) mass is 314 g/mol. The van der Waals surface area contributed by atoms with E-state index in [9.17, 15) is 15.2 Å². The van der Waals surface area contributed by atoms with Gasteiger partial charge in [0.15, 0.2) is 0 Å². The van der Waals surface area contributed by atoms with Crippen LogP contribution in [0.4, 0.5) is 5.69 Å². The second-order valence-corrected chi connectivity index (χ2v) is 5.48. The highest BCUT2D eigenvalue weighted by molar-refractivity contribution is 9.10. The Hall–Kier alpha value is -0.980. The molecule has 1 aliphatic rings. The molecule has 2 N–H and O–H groups in total. The SMILES string of the molecule is O=[N+]([O-])c1ccc(Br)cc1CNCC(O)C1CC1. The van der Waals surface area contributed by atoms with Crippen molar-refractivity contribution >= 4 is 21.6 Å². The van der Waals surface area contributed by atoms with Crippen molar-refractivity contribution in [1.82, 2.24) is 5.32 Å². The van der Waals surface area contributed by atoms with E-state index in [1.807, 2.05) is 0 Å². The van der Waals surface area contributed by atoms with Crippen LogP contribution in [0.3, 0.4) is 0 Å². The third-order valence-electron chi connectivity index (χ3n) is 3.07. The molecular weight excluding hydrogens is 300 g/mol. The summed E-state index contributed by atoms with van der Waals surface area (Å²) in [4.78, 5) is 10.5. The lowest BCUT2D eigenvalue weighted by Crippen LogP contribution is -2.28. The number of aliphatic hydroxyl groups excluding tert-OH is 1. The molecule has 1 aromatic carbocycles. The molecule has 1 aromatic rings. The molecule has 0 heterocycles. The molecule has 6 heteroatoms. The highest BCUT2D eigenvalue weighted by Gasteiger charge is 2.29. The normalized spacial score (nSPS) is 16.6. The first kappa shape index (κ1) is 13.5. The Balaban J connectivity index is 1.94. The van der Waals surface area contributed by atoms with Crippen LogP contribution in [0.2, 0.25) is 0 Å². The molecule has 0 spiro atoms. The van der Waals surface area contributed by atoms with E-state index in [4.69, 9.17) is 0 Å². The van der Waals surface area contributed by atoms with Crippen molar-refractivity contribution in [3.05, 3.63) is 38.3 Å². The van der Waals surface area contributed by atoms with Crippen molar-refractivity contribution in [1.29, 1.82) is 0 Å². The number of nitro benzene ring substituents is 1. The van der Waals surface area contributed by atoms with Gasteiger partial charge in [-0.2, -0.15) is 0 Å². The summed E-state index contributed by atoms with van der Waals surface area (Å²) in [7, 11) is 0. The molecule has 1 fully saturated rings. The number of aliphatic hydroxyl groups is 1. The topological polar surface area (TPSA) is 75.4 Å². The third kappa shape index (κ3) is 3.51. The molecule has 5 nitrogen and oxygen atoms in total. The maximum atomic E-state index is 10.9. The second kappa shape index (κ2) is 5.77. The Morgan fingerprint density at radius 1 is 1.56 bits per heavy atom. The van der Waals surface area contributed by atoms with Crippen LogP contribution in [-0.4, -0.2) is 22.7 Å². The predicted octanol–water partition coefficient (Wildman–Crippen LogP) is 2.22. The van der Waals surface area contributed by atoms with Gasteiger partial charge in [0.2, 0.25) is 0 Å². The first-order chi connectivity index (χ1) is 8.58. The van der Waals surface area contributed by atoms with Crippen LogP contribution in [0, 0.1) is 16.0 Å². The van der Waals surface area contributed by atoms with Crippen molar-refractivity contribution in [2.45, 2.75) is 25.5 Å². The number of nitrogens with zero attached hydrogens (tertiary/aromatic N) is 1. The van der Waals surface area contributed by atoms with E-state index in [-0.39, 0.29) is 16.7 Å². The minimum atomic E-state index is -0.388. The van der Waals surface area contributed by atoms with Gasteiger partial charge in [-0.15, -0.1) is 0 Å². The van der Waals surface area contributed by atoms with Crippen LogP contribution in [0.15, 0.2) is 22.7 Å². The molecule has 1 saturated carbocycles. The smallest absolute Gasteiger partial charge is 0.273 e. The van der Waals surface area contributed by atoms with E-state index in [1.54, 1.807) is 12.1 Å². The van der Waals surface area contributed by atoms with Gasteiger partial charge in [0.1, 0.15) is 0 Å². The van der Waals surface area contributed by atoms with Crippen LogP contribution in [0.1, 0.15) is 18.4 Å². The summed E-state index contributed by atoms with van der Waals surface area (Å²) in [6.07, 6.45) is 1.83. The van der Waals surface area contributed by atoms with Crippen LogP contribution >= 0.6 is 15.9 Å². The van der Waals surface area contributed by atoms with Crippen LogP contribution in [0.5, 0.6) is 0 Å². The molecule has 1 unspecified atom stereocenters. The van der Waals surface area contributed by atoms with Crippen molar-refractivity contribution < 1.29 is 10.0 Å². The molecule has 0 aliphatic heterocycles. The fourth-order valence-electron chi connectivity index (χ4n) is 1.88. The molecule has 98 valence electrons. The summed E-state index contributed by atoms with van der Waals surface area (Å²) in [6, 6.07) is 4.87. The average Bonchev–Trinajstić information content (AvgIpc) is 3.12. The van der Waals surface area contributed by atoms with Gasteiger partial charge in [-0.3, -0.25) is 10.1 Å². The first-order valence-corrected chi connectivity index (χ1v) is 6.69. The quantitative estimate of drug-likeness (QED) is 0.623. The van der Waals surface area contributed by atoms with Crippen LogP contribution in [0.25, 0.3) is 0 Å². The Kier molecular flexibility index (Phi) is 4.31. The average molecular weight is 315 g/mol. The summed E-state index contributed by atoms with van der Waals surface area (Å²) in [5, 5.41) is 23.6. The van der Waals surface area contributed by atoms with Crippen LogP contribution < -0.4 is 5.32 Å². The second-order valence-electron chi connectivity index (χ2n) is 4.57. The maximum absolute atomic E-state index is 10.9. The molecule has 0 bridgehead atoms. The Morgan fingerprint density at radius 3 is 2.89 bits per heavy atom. The number of rotatable bonds is 6. The number of hydrogen-bond acceptors (Lipinski definition) is 4. The highest BCUT2D eigenvalue weighted by atomic mass is 79.9. The van der Waals surface area contributed by atoms with Gasteiger partial charge in [0.05, 0.1) is 11.0 Å². The van der Waals surface area contributed by atoms with Crippen LogP contribution in [-0.2, 0) is 6.54 Å². The number of nitrogens with one attached hydrogen (secondary N) is 1. The van der Waals surface area contributed by atoms with Gasteiger partial charge in [0.25, 0.3) is 5.69 Å². The molecule has 18 heavy (non-hydrogen) atoms. The summed E-state index contributed by atoms with van der Waals surface area (Å²) in [5.74, 6) is 0.412. The van der Waals surface area contributed by atoms with E-state index in [0.29, 0.717) is 24.6 Å². The van der Waals surface area contributed by atoms with Gasteiger partial charge in [-0.25, -0.2) is 0 Å². The summed E-state index contributed by atoms with van der Waals surface area (Å²) in [6.45, 7) is 0.869. The van der Waals surface area contributed by atoms with Gasteiger partial charge >= 0.3 is 0 Å². The van der Waals surface area contributed by atoms with E-state index >= 15 is 0 Å². The lowest BCUT2D eigenvalue weighted by atomic mass is 10.1. The largest absolute Gasteiger partial charge is 0.392 e. The van der Waals surface area contributed by atoms with Crippen molar-refractivity contribution in [2.75, 3.05) is 6.54 Å². The predicted molar refractivity (Wildman–Crippen MR) is 71.2 cm³/mol. The fourth-order valence-corrected chi connectivity index (χ4v) is 2.28. The summed E-state index contributed by atoms with van der Waals surface area (Å²) < 4.78 is 0.813. The van der Waals surface area contributed by atoms with E-state index < -0.39 is 0 Å². The highest BCUT2D eigenvalue weighted by Crippen LogP contribution is 2.32. The number of benzene rings is 1. The van der Waals surface area contributed by atoms with E-state index in [2.05, 4.69) is 21.2 Å². The first-order valence-electron chi connectivity index (χ1n) is 5.89.